The molecule has 132 valence electrons. The summed E-state index contributed by atoms with van der Waals surface area (Å²) >= 11 is 0. The molecule has 0 fully saturated rings. The smallest absolute Gasteiger partial charge is 0.272 e. The Labute approximate surface area is 148 Å². The number of benzene rings is 1. The third-order valence-corrected chi connectivity index (χ3v) is 4.63. The van der Waals surface area contributed by atoms with Crippen LogP contribution in [0.1, 0.15) is 24.4 Å². The highest BCUT2D eigenvalue weighted by atomic mass is 19.1. The lowest BCUT2D eigenvalue weighted by Gasteiger charge is -2.33. The molecule has 0 saturated heterocycles. The van der Waals surface area contributed by atoms with Gasteiger partial charge in [0.1, 0.15) is 18.0 Å². The molecule has 2 N–H and O–H groups in total. The summed E-state index contributed by atoms with van der Waals surface area (Å²) in [5, 5.41) is 15.1. The van der Waals surface area contributed by atoms with Crippen LogP contribution in [-0.4, -0.2) is 31.0 Å². The van der Waals surface area contributed by atoms with Crippen molar-refractivity contribution in [2.24, 2.45) is 7.05 Å². The van der Waals surface area contributed by atoms with Crippen molar-refractivity contribution in [3.63, 3.8) is 0 Å². The number of nitrogens with zero attached hydrogens (tertiary/aromatic N) is 4. The van der Waals surface area contributed by atoms with Crippen LogP contribution >= 0.6 is 0 Å². The Hall–Kier alpha value is -3.29. The highest BCUT2D eigenvalue weighted by Gasteiger charge is 2.37. The van der Waals surface area contributed by atoms with Gasteiger partial charge >= 0.3 is 0 Å². The van der Waals surface area contributed by atoms with E-state index >= 15 is 0 Å². The summed E-state index contributed by atoms with van der Waals surface area (Å²) in [6.45, 7) is 6.03. The van der Waals surface area contributed by atoms with E-state index in [4.69, 9.17) is 0 Å². The number of rotatable bonds is 3. The molecule has 0 saturated carbocycles. The minimum absolute atomic E-state index is 0.250. The van der Waals surface area contributed by atoms with E-state index in [9.17, 15) is 9.18 Å². The zero-order valence-electron chi connectivity index (χ0n) is 14.3. The maximum atomic E-state index is 14.1. The predicted molar refractivity (Wildman–Crippen MR) is 96.5 cm³/mol. The molecule has 7 nitrogen and oxygen atoms in total. The first kappa shape index (κ1) is 16.2. The normalized spacial score (nSPS) is 19.0. The predicted octanol–water partition coefficient (Wildman–Crippen LogP) is 2.25. The largest absolute Gasteiger partial charge is 0.376 e. The number of nitrogens with one attached hydrogen (secondary N) is 2. The standard InChI is InChI=1S/C18H17FN6O/c1-4-5-9(2)15-14(17-20-8-21-25(17)3)16-13-11(18(26)24-23-16)6-10(19)7-12(13)22-15/h4-8,14-15,22H,2H2,1,3H3,(H,24,26). The van der Waals surface area contributed by atoms with E-state index in [2.05, 4.69) is 32.2 Å². The van der Waals surface area contributed by atoms with E-state index < -0.39 is 11.4 Å². The molecule has 1 aliphatic rings. The van der Waals surface area contributed by atoms with Crippen molar-refractivity contribution in [2.75, 3.05) is 5.32 Å². The second kappa shape index (κ2) is 5.91. The Balaban J connectivity index is 2.05. The molecule has 2 unspecified atom stereocenters. The molecule has 8 heteroatoms. The van der Waals surface area contributed by atoms with Crippen LogP contribution in [-0.2, 0) is 7.05 Å². The van der Waals surface area contributed by atoms with Gasteiger partial charge in [-0.15, -0.1) is 0 Å². The van der Waals surface area contributed by atoms with Crippen LogP contribution in [0.2, 0.25) is 0 Å². The van der Waals surface area contributed by atoms with Gasteiger partial charge in [-0.05, 0) is 24.6 Å². The number of aromatic amines is 1. The molecule has 0 aliphatic carbocycles. The molecule has 0 bridgehead atoms. The zero-order valence-corrected chi connectivity index (χ0v) is 14.3. The first-order valence-corrected chi connectivity index (χ1v) is 8.15. The van der Waals surface area contributed by atoms with E-state index in [0.717, 1.165) is 5.57 Å². The summed E-state index contributed by atoms with van der Waals surface area (Å²) in [7, 11) is 1.79. The fraction of sp³-hybridized carbons (Fsp3) is 0.222. The zero-order chi connectivity index (χ0) is 18.4. The quantitative estimate of drug-likeness (QED) is 0.706. The molecule has 0 amide bonds. The third kappa shape index (κ3) is 2.33. The molecule has 0 spiro atoms. The third-order valence-electron chi connectivity index (χ3n) is 4.63. The van der Waals surface area contributed by atoms with Crippen LogP contribution in [0.15, 0.2) is 47.6 Å². The monoisotopic (exact) mass is 352 g/mol. The van der Waals surface area contributed by atoms with Gasteiger partial charge in [-0.2, -0.15) is 10.2 Å². The Morgan fingerprint density at radius 3 is 2.92 bits per heavy atom. The van der Waals surface area contributed by atoms with E-state index in [-0.39, 0.29) is 17.3 Å². The van der Waals surface area contributed by atoms with Crippen molar-refractivity contribution in [3.05, 3.63) is 70.5 Å². The Morgan fingerprint density at radius 1 is 1.42 bits per heavy atom. The maximum absolute atomic E-state index is 14.1. The average Bonchev–Trinajstić information content (AvgIpc) is 3.03. The fourth-order valence-corrected chi connectivity index (χ4v) is 3.52. The van der Waals surface area contributed by atoms with Crippen molar-refractivity contribution < 1.29 is 4.39 Å². The molecule has 3 heterocycles. The fourth-order valence-electron chi connectivity index (χ4n) is 3.52. The van der Waals surface area contributed by atoms with Gasteiger partial charge in [-0.1, -0.05) is 18.7 Å². The number of H-pyrrole nitrogens is 1. The number of hydrogen-bond acceptors (Lipinski definition) is 5. The highest BCUT2D eigenvalue weighted by Crippen LogP contribution is 2.41. The lowest BCUT2D eigenvalue weighted by Crippen LogP contribution is -2.36. The van der Waals surface area contributed by atoms with Gasteiger partial charge in [0.05, 0.1) is 23.0 Å². The summed E-state index contributed by atoms with van der Waals surface area (Å²) in [6.07, 6.45) is 5.23. The van der Waals surface area contributed by atoms with E-state index in [1.165, 1.54) is 18.5 Å². The molecule has 4 rings (SSSR count). The van der Waals surface area contributed by atoms with Crippen LogP contribution in [0, 0.1) is 5.82 Å². The molecule has 2 atom stereocenters. The van der Waals surface area contributed by atoms with Crippen molar-refractivity contribution in [1.82, 2.24) is 25.0 Å². The SMILES string of the molecule is C=C(C=CC)C1Nc2cc(F)cc3c(=O)[nH]nc(c23)C1c1ncnn1C. The van der Waals surface area contributed by atoms with Crippen LogP contribution in [0.4, 0.5) is 10.1 Å². The van der Waals surface area contributed by atoms with Gasteiger partial charge < -0.3 is 5.32 Å². The summed E-state index contributed by atoms with van der Waals surface area (Å²) in [5.41, 5.74) is 1.48. The van der Waals surface area contributed by atoms with Crippen LogP contribution < -0.4 is 10.9 Å². The minimum Gasteiger partial charge on any atom is -0.376 e. The van der Waals surface area contributed by atoms with Crippen molar-refractivity contribution >= 4 is 16.5 Å². The number of anilines is 1. The van der Waals surface area contributed by atoms with Crippen molar-refractivity contribution in [1.29, 1.82) is 0 Å². The molecule has 1 aliphatic heterocycles. The van der Waals surface area contributed by atoms with Crippen LogP contribution in [0.25, 0.3) is 10.8 Å². The first-order chi connectivity index (χ1) is 12.5. The number of allylic oxidation sites excluding steroid dienone is 1. The molecule has 26 heavy (non-hydrogen) atoms. The number of aromatic nitrogens is 5. The van der Waals surface area contributed by atoms with E-state index in [1.807, 2.05) is 19.1 Å². The van der Waals surface area contributed by atoms with E-state index in [1.54, 1.807) is 11.7 Å². The van der Waals surface area contributed by atoms with Gasteiger partial charge in [0.2, 0.25) is 0 Å². The van der Waals surface area contributed by atoms with Gasteiger partial charge in [0.25, 0.3) is 5.56 Å². The molecule has 1 aromatic carbocycles. The number of aryl methyl sites for hydroxylation is 1. The maximum Gasteiger partial charge on any atom is 0.272 e. The van der Waals surface area contributed by atoms with Gasteiger partial charge in [-0.3, -0.25) is 9.48 Å². The highest BCUT2D eigenvalue weighted by molar-refractivity contribution is 5.97. The topological polar surface area (TPSA) is 88.5 Å². The van der Waals surface area contributed by atoms with Crippen LogP contribution in [0.5, 0.6) is 0 Å². The van der Waals surface area contributed by atoms with E-state index in [0.29, 0.717) is 22.6 Å². The van der Waals surface area contributed by atoms with Crippen LogP contribution in [0.3, 0.4) is 0 Å². The Bertz CT molecular complexity index is 1110. The Kier molecular flexibility index (Phi) is 3.68. The average molecular weight is 352 g/mol. The second-order valence-electron chi connectivity index (χ2n) is 6.23. The van der Waals surface area contributed by atoms with Gasteiger partial charge in [0, 0.05) is 18.1 Å². The summed E-state index contributed by atoms with van der Waals surface area (Å²) < 4.78 is 15.7. The summed E-state index contributed by atoms with van der Waals surface area (Å²) in [6, 6.07) is 2.28. The molecule has 0 radical (unpaired) electrons. The summed E-state index contributed by atoms with van der Waals surface area (Å²) in [4.78, 5) is 16.6. The lowest BCUT2D eigenvalue weighted by atomic mass is 9.83. The minimum atomic E-state index is -0.491. The van der Waals surface area contributed by atoms with Crippen molar-refractivity contribution in [2.45, 2.75) is 18.9 Å². The first-order valence-electron chi connectivity index (χ1n) is 8.15. The summed E-state index contributed by atoms with van der Waals surface area (Å²) in [5.74, 6) is -0.164. The second-order valence-corrected chi connectivity index (χ2v) is 6.23. The van der Waals surface area contributed by atoms with Gasteiger partial charge in [0.15, 0.2) is 0 Å². The molecule has 2 aromatic heterocycles. The molecule has 3 aromatic rings. The molecular formula is C18H17FN6O. The van der Waals surface area contributed by atoms with Crippen molar-refractivity contribution in [3.8, 4) is 0 Å². The molecular weight excluding hydrogens is 335 g/mol. The van der Waals surface area contributed by atoms with Gasteiger partial charge in [-0.25, -0.2) is 14.5 Å². The lowest BCUT2D eigenvalue weighted by molar-refractivity contribution is 0.589. The Morgan fingerprint density at radius 2 is 2.23 bits per heavy atom. The number of halogens is 1. The number of hydrogen-bond donors (Lipinski definition) is 2.